The fraction of sp³-hybridized carbons (Fsp3) is 0.400. The fourth-order valence-electron chi connectivity index (χ4n) is 1.20. The van der Waals surface area contributed by atoms with E-state index in [9.17, 15) is 13.5 Å². The largest absolute Gasteiger partial charge is 0.386 e. The molecule has 2 unspecified atom stereocenters. The first-order chi connectivity index (χ1) is 7.57. The Morgan fingerprint density at radius 1 is 1.41 bits per heavy atom. The molecule has 0 saturated heterocycles. The molecule has 0 aliphatic rings. The van der Waals surface area contributed by atoms with E-state index in [1.807, 2.05) is 0 Å². The van der Waals surface area contributed by atoms with E-state index in [0.29, 0.717) is 10.6 Å². The highest BCUT2D eigenvalue weighted by atomic mass is 79.9. The predicted octanol–water partition coefficient (Wildman–Crippen LogP) is 3.18. The van der Waals surface area contributed by atoms with Crippen LogP contribution in [0, 0.1) is 0 Å². The van der Waals surface area contributed by atoms with Crippen molar-refractivity contribution < 1.29 is 13.5 Å². The average molecular weight is 362 g/mol. The van der Waals surface area contributed by atoms with Gasteiger partial charge in [-0.3, -0.25) is 0 Å². The smallest absolute Gasteiger partial charge is 0.165 e. The predicted molar refractivity (Wildman–Crippen MR) is 73.6 cm³/mol. The molecule has 0 fully saturated rings. The number of aliphatic hydroxyl groups is 1. The van der Waals surface area contributed by atoms with Gasteiger partial charge >= 0.3 is 0 Å². The van der Waals surface area contributed by atoms with E-state index >= 15 is 0 Å². The summed E-state index contributed by atoms with van der Waals surface area (Å²) in [7, 11) is -3.50. The molecule has 0 aliphatic carbocycles. The zero-order chi connectivity index (χ0) is 13.4. The quantitative estimate of drug-likeness (QED) is 0.841. The second-order valence-electron chi connectivity index (χ2n) is 3.83. The van der Waals surface area contributed by atoms with Crippen LogP contribution in [0.2, 0.25) is 10.0 Å². The van der Waals surface area contributed by atoms with Crippen LogP contribution in [0.25, 0.3) is 0 Å². The summed E-state index contributed by atoms with van der Waals surface area (Å²) >= 11 is 14.7. The van der Waals surface area contributed by atoms with Crippen LogP contribution >= 0.6 is 39.1 Å². The Morgan fingerprint density at radius 3 is 2.35 bits per heavy atom. The number of rotatable bonds is 3. The van der Waals surface area contributed by atoms with Gasteiger partial charge in [0.25, 0.3) is 0 Å². The van der Waals surface area contributed by atoms with Gasteiger partial charge in [-0.05, 0) is 19.1 Å². The van der Waals surface area contributed by atoms with Crippen molar-refractivity contribution in [2.24, 2.45) is 0 Å². The molecule has 3 nitrogen and oxygen atoms in total. The summed E-state index contributed by atoms with van der Waals surface area (Å²) in [6.07, 6.45) is -0.253. The van der Waals surface area contributed by atoms with Crippen LogP contribution in [0.15, 0.2) is 18.2 Å². The van der Waals surface area contributed by atoms with Crippen LogP contribution < -0.4 is 0 Å². The number of hydrogen-bond acceptors (Lipinski definition) is 3. The van der Waals surface area contributed by atoms with Crippen molar-refractivity contribution in [3.05, 3.63) is 33.8 Å². The van der Waals surface area contributed by atoms with Crippen LogP contribution in [0.5, 0.6) is 0 Å². The molecule has 96 valence electrons. The minimum atomic E-state index is -3.50. The monoisotopic (exact) mass is 360 g/mol. The third-order valence-corrected chi connectivity index (χ3v) is 6.90. The van der Waals surface area contributed by atoms with E-state index in [0.717, 1.165) is 6.26 Å². The second-order valence-corrected chi connectivity index (χ2v) is 9.23. The molecule has 0 spiro atoms. The molecule has 1 aromatic carbocycles. The molecule has 0 saturated carbocycles. The van der Waals surface area contributed by atoms with Gasteiger partial charge in [-0.25, -0.2) is 8.42 Å². The second kappa shape index (κ2) is 5.05. The Labute approximate surface area is 119 Å². The van der Waals surface area contributed by atoms with E-state index in [2.05, 4.69) is 15.9 Å². The van der Waals surface area contributed by atoms with Gasteiger partial charge in [-0.2, -0.15) is 0 Å². The van der Waals surface area contributed by atoms with E-state index < -0.39 is 19.6 Å². The van der Waals surface area contributed by atoms with Crippen LogP contribution in [0.3, 0.4) is 0 Å². The zero-order valence-corrected chi connectivity index (χ0v) is 13.0. The average Bonchev–Trinajstić information content (AvgIpc) is 2.14. The first-order valence-electron chi connectivity index (χ1n) is 4.59. The van der Waals surface area contributed by atoms with Gasteiger partial charge in [0.1, 0.15) is 6.10 Å². The number of hydrogen-bond donors (Lipinski definition) is 1. The van der Waals surface area contributed by atoms with Gasteiger partial charge in [0.05, 0.1) is 0 Å². The van der Waals surface area contributed by atoms with Gasteiger partial charge in [-0.15, -0.1) is 0 Å². The third-order valence-electron chi connectivity index (χ3n) is 2.47. The van der Waals surface area contributed by atoms with Crippen LogP contribution in [0.1, 0.15) is 18.6 Å². The number of benzene rings is 1. The molecule has 1 N–H and O–H groups in total. The van der Waals surface area contributed by atoms with Crippen molar-refractivity contribution in [1.82, 2.24) is 0 Å². The minimum Gasteiger partial charge on any atom is -0.386 e. The Balaban J connectivity index is 3.26. The van der Waals surface area contributed by atoms with Crippen molar-refractivity contribution >= 4 is 49.0 Å². The SMILES string of the molecule is CC(Br)(C(O)c1ccc(Cl)cc1Cl)S(C)(=O)=O. The number of sulfone groups is 1. The highest BCUT2D eigenvalue weighted by Gasteiger charge is 2.41. The lowest BCUT2D eigenvalue weighted by atomic mass is 10.1. The molecule has 1 rings (SSSR count). The number of alkyl halides is 1. The van der Waals surface area contributed by atoms with Crippen molar-refractivity contribution in [3.8, 4) is 0 Å². The summed E-state index contributed by atoms with van der Waals surface area (Å²) in [5.74, 6) is 0. The molecule has 0 amide bonds. The molecule has 1 aromatic rings. The lowest BCUT2D eigenvalue weighted by Crippen LogP contribution is -2.34. The number of aliphatic hydroxyl groups excluding tert-OH is 1. The first kappa shape index (κ1) is 15.2. The van der Waals surface area contributed by atoms with Gasteiger partial charge in [0.2, 0.25) is 0 Å². The molecular weight excluding hydrogens is 351 g/mol. The maximum Gasteiger partial charge on any atom is 0.165 e. The maximum atomic E-state index is 11.6. The summed E-state index contributed by atoms with van der Waals surface area (Å²) < 4.78 is 21.6. The Morgan fingerprint density at radius 2 is 1.94 bits per heavy atom. The molecular formula is C10H11BrCl2O3S. The summed E-state index contributed by atoms with van der Waals surface area (Å²) in [5, 5.41) is 10.7. The first-order valence-corrected chi connectivity index (χ1v) is 8.03. The number of halogens is 3. The molecule has 7 heteroatoms. The van der Waals surface area contributed by atoms with E-state index in [4.69, 9.17) is 23.2 Å². The molecule has 0 bridgehead atoms. The highest BCUT2D eigenvalue weighted by Crippen LogP contribution is 2.40. The minimum absolute atomic E-state index is 0.222. The zero-order valence-electron chi connectivity index (χ0n) is 9.12. The highest BCUT2D eigenvalue weighted by molar-refractivity contribution is 9.11. The molecule has 2 atom stereocenters. The fourth-order valence-corrected chi connectivity index (χ4v) is 2.49. The van der Waals surface area contributed by atoms with Crippen molar-refractivity contribution in [2.45, 2.75) is 16.7 Å². The van der Waals surface area contributed by atoms with Crippen LogP contribution in [-0.2, 0) is 9.84 Å². The maximum absolute atomic E-state index is 11.6. The molecule has 0 aromatic heterocycles. The summed E-state index contributed by atoms with van der Waals surface area (Å²) in [5.41, 5.74) is 0.306. The van der Waals surface area contributed by atoms with E-state index in [-0.39, 0.29) is 5.02 Å². The lowest BCUT2D eigenvalue weighted by molar-refractivity contribution is 0.168. The van der Waals surface area contributed by atoms with Gasteiger partial charge in [0.15, 0.2) is 13.5 Å². The summed E-state index contributed by atoms with van der Waals surface area (Å²) in [6.45, 7) is 1.37. The topological polar surface area (TPSA) is 54.4 Å². The van der Waals surface area contributed by atoms with E-state index in [1.165, 1.54) is 25.1 Å². The van der Waals surface area contributed by atoms with Crippen molar-refractivity contribution in [2.75, 3.05) is 6.26 Å². The normalized spacial score (nSPS) is 17.5. The Hall–Kier alpha value is 0.190. The summed E-state index contributed by atoms with van der Waals surface area (Å²) in [6, 6.07) is 4.49. The molecule has 0 aliphatic heterocycles. The van der Waals surface area contributed by atoms with Crippen molar-refractivity contribution in [3.63, 3.8) is 0 Å². The Kier molecular flexibility index (Phi) is 4.53. The van der Waals surface area contributed by atoms with Crippen LogP contribution in [0.4, 0.5) is 0 Å². The third kappa shape index (κ3) is 3.15. The van der Waals surface area contributed by atoms with Gasteiger partial charge in [-0.1, -0.05) is 45.2 Å². The van der Waals surface area contributed by atoms with Crippen LogP contribution in [-0.4, -0.2) is 23.4 Å². The van der Waals surface area contributed by atoms with E-state index in [1.54, 1.807) is 0 Å². The summed E-state index contributed by atoms with van der Waals surface area (Å²) in [4.78, 5) is 0. The molecule has 0 radical (unpaired) electrons. The molecule has 17 heavy (non-hydrogen) atoms. The lowest BCUT2D eigenvalue weighted by Gasteiger charge is -2.27. The standard InChI is InChI=1S/C10H11BrCl2O3S/c1-10(11,17(2,15)16)9(14)7-4-3-6(12)5-8(7)13/h3-5,9,14H,1-2H3. The molecule has 0 heterocycles. The van der Waals surface area contributed by atoms with Gasteiger partial charge < -0.3 is 5.11 Å². The Bertz CT molecular complexity index is 528. The van der Waals surface area contributed by atoms with Gasteiger partial charge in [0, 0.05) is 21.9 Å². The van der Waals surface area contributed by atoms with Crippen molar-refractivity contribution in [1.29, 1.82) is 0 Å².